The fraction of sp³-hybridized carbons (Fsp3) is 0.500. The number of carbonyl (C=O) groups is 1. The fourth-order valence-corrected chi connectivity index (χ4v) is 1.64. The highest BCUT2D eigenvalue weighted by molar-refractivity contribution is 6.30. The summed E-state index contributed by atoms with van der Waals surface area (Å²) in [5, 5.41) is 3.67. The van der Waals surface area contributed by atoms with E-state index in [2.05, 4.69) is 5.32 Å². The van der Waals surface area contributed by atoms with E-state index in [9.17, 15) is 4.79 Å². The molecule has 1 aromatic carbocycles. The van der Waals surface area contributed by atoms with E-state index in [0.29, 0.717) is 18.2 Å². The third-order valence-electron chi connectivity index (χ3n) is 3.02. The van der Waals surface area contributed by atoms with Gasteiger partial charge in [0.2, 0.25) is 5.91 Å². The molecule has 0 saturated heterocycles. The first-order valence-electron chi connectivity index (χ1n) is 6.19. The molecule has 1 amide bonds. The number of halogens is 1. The van der Waals surface area contributed by atoms with Gasteiger partial charge in [0.25, 0.3) is 0 Å². The summed E-state index contributed by atoms with van der Waals surface area (Å²) in [5.74, 6) is 0.785. The van der Waals surface area contributed by atoms with Crippen LogP contribution in [0.25, 0.3) is 0 Å². The minimum absolute atomic E-state index is 0.0368. The zero-order valence-corrected chi connectivity index (χ0v) is 12.6. The highest BCUT2D eigenvalue weighted by atomic mass is 35.5. The van der Waals surface area contributed by atoms with Crippen molar-refractivity contribution in [1.29, 1.82) is 0 Å². The maximum Gasteiger partial charge on any atom is 0.242 e. The van der Waals surface area contributed by atoms with Crippen LogP contribution in [-0.4, -0.2) is 43.6 Å². The molecule has 19 heavy (non-hydrogen) atoms. The van der Waals surface area contributed by atoms with Crippen molar-refractivity contribution in [2.45, 2.75) is 19.4 Å². The third kappa shape index (κ3) is 4.73. The van der Waals surface area contributed by atoms with Gasteiger partial charge in [-0.1, -0.05) is 11.6 Å². The number of likely N-dealkylation sites (N-methyl/N-ethyl adjacent to an activating group) is 2. The van der Waals surface area contributed by atoms with Crippen LogP contribution in [0.3, 0.4) is 0 Å². The summed E-state index contributed by atoms with van der Waals surface area (Å²) >= 11 is 5.79. The van der Waals surface area contributed by atoms with E-state index >= 15 is 0 Å². The van der Waals surface area contributed by atoms with Crippen LogP contribution in [0, 0.1) is 0 Å². The van der Waals surface area contributed by atoms with E-state index in [1.807, 2.05) is 26.0 Å². The summed E-state index contributed by atoms with van der Waals surface area (Å²) in [5.41, 5.74) is -0.560. The van der Waals surface area contributed by atoms with Gasteiger partial charge in [0.15, 0.2) is 0 Å². The second kappa shape index (κ2) is 6.78. The van der Waals surface area contributed by atoms with Crippen molar-refractivity contribution in [1.82, 2.24) is 10.2 Å². The molecule has 1 rings (SSSR count). The van der Waals surface area contributed by atoms with Gasteiger partial charge in [-0.25, -0.2) is 0 Å². The van der Waals surface area contributed by atoms with Crippen molar-refractivity contribution in [2.75, 3.05) is 27.2 Å². The number of hydrogen-bond donors (Lipinski definition) is 1. The summed E-state index contributed by atoms with van der Waals surface area (Å²) < 4.78 is 5.56. The number of ether oxygens (including phenoxy) is 1. The van der Waals surface area contributed by atoms with E-state index in [1.165, 1.54) is 0 Å². The number of rotatable bonds is 6. The molecule has 0 aliphatic heterocycles. The van der Waals surface area contributed by atoms with Gasteiger partial charge < -0.3 is 15.0 Å². The molecule has 0 fully saturated rings. The number of carbonyl (C=O) groups excluding carboxylic acids is 1. The summed E-state index contributed by atoms with van der Waals surface area (Å²) in [6.07, 6.45) is 0. The first kappa shape index (κ1) is 15.8. The van der Waals surface area contributed by atoms with Crippen molar-refractivity contribution in [2.24, 2.45) is 0 Å². The molecule has 0 radical (unpaired) electrons. The molecule has 0 unspecified atom stereocenters. The largest absolute Gasteiger partial charge is 0.492 e. The highest BCUT2D eigenvalue weighted by Gasteiger charge is 2.28. The molecule has 0 aliphatic carbocycles. The fourth-order valence-electron chi connectivity index (χ4n) is 1.52. The van der Waals surface area contributed by atoms with E-state index in [0.717, 1.165) is 5.75 Å². The van der Waals surface area contributed by atoms with Crippen molar-refractivity contribution in [3.63, 3.8) is 0 Å². The van der Waals surface area contributed by atoms with E-state index in [1.54, 1.807) is 31.1 Å². The second-order valence-electron chi connectivity index (χ2n) is 4.90. The quantitative estimate of drug-likeness (QED) is 0.870. The molecular weight excluding hydrogens is 264 g/mol. The molecule has 0 aromatic heterocycles. The van der Waals surface area contributed by atoms with E-state index < -0.39 is 5.54 Å². The Morgan fingerprint density at radius 2 is 1.95 bits per heavy atom. The molecule has 5 heteroatoms. The van der Waals surface area contributed by atoms with Crippen LogP contribution in [-0.2, 0) is 4.79 Å². The molecule has 0 saturated carbocycles. The Bertz CT molecular complexity index is 418. The average Bonchev–Trinajstić information content (AvgIpc) is 2.40. The average molecular weight is 285 g/mol. The van der Waals surface area contributed by atoms with Crippen LogP contribution in [0.4, 0.5) is 0 Å². The Morgan fingerprint density at radius 1 is 1.37 bits per heavy atom. The van der Waals surface area contributed by atoms with Gasteiger partial charge in [0.05, 0.1) is 12.1 Å². The van der Waals surface area contributed by atoms with Crippen LogP contribution in [0.15, 0.2) is 24.3 Å². The molecule has 1 aromatic rings. The Kier molecular flexibility index (Phi) is 5.63. The van der Waals surface area contributed by atoms with Gasteiger partial charge >= 0.3 is 0 Å². The van der Waals surface area contributed by atoms with Crippen LogP contribution in [0.1, 0.15) is 13.8 Å². The van der Waals surface area contributed by atoms with Crippen molar-refractivity contribution >= 4 is 17.5 Å². The predicted molar refractivity (Wildman–Crippen MR) is 77.7 cm³/mol. The standard InChI is InChI=1S/C14H21ClN2O2/c1-14(2,16-3)13(18)17(4)9-10-19-12-7-5-11(15)6-8-12/h5-8,16H,9-10H2,1-4H3. The maximum absolute atomic E-state index is 12.1. The minimum Gasteiger partial charge on any atom is -0.492 e. The van der Waals surface area contributed by atoms with Gasteiger partial charge in [-0.3, -0.25) is 4.79 Å². The SMILES string of the molecule is CNC(C)(C)C(=O)N(C)CCOc1ccc(Cl)cc1. The monoisotopic (exact) mass is 284 g/mol. The molecule has 0 spiro atoms. The number of nitrogens with one attached hydrogen (secondary N) is 1. The van der Waals surface area contributed by atoms with Gasteiger partial charge in [0.1, 0.15) is 12.4 Å². The molecule has 4 nitrogen and oxygen atoms in total. The Morgan fingerprint density at radius 3 is 2.47 bits per heavy atom. The predicted octanol–water partition coefficient (Wildman–Crippen LogP) is 2.18. The molecule has 0 heterocycles. The van der Waals surface area contributed by atoms with E-state index in [-0.39, 0.29) is 5.91 Å². The van der Waals surface area contributed by atoms with Crippen LogP contribution in [0.5, 0.6) is 5.75 Å². The zero-order valence-electron chi connectivity index (χ0n) is 11.9. The van der Waals surface area contributed by atoms with Gasteiger partial charge in [0, 0.05) is 12.1 Å². The molecular formula is C14H21ClN2O2. The topological polar surface area (TPSA) is 41.6 Å². The lowest BCUT2D eigenvalue weighted by molar-refractivity contribution is -0.135. The van der Waals surface area contributed by atoms with Crippen molar-refractivity contribution < 1.29 is 9.53 Å². The molecule has 0 aliphatic rings. The first-order chi connectivity index (χ1) is 8.86. The maximum atomic E-state index is 12.1. The zero-order chi connectivity index (χ0) is 14.5. The number of amides is 1. The highest BCUT2D eigenvalue weighted by Crippen LogP contribution is 2.15. The van der Waals surface area contributed by atoms with Crippen LogP contribution in [0.2, 0.25) is 5.02 Å². The summed E-state index contributed by atoms with van der Waals surface area (Å²) in [4.78, 5) is 13.7. The Labute approximate surface area is 119 Å². The first-order valence-corrected chi connectivity index (χ1v) is 6.57. The number of nitrogens with zero attached hydrogens (tertiary/aromatic N) is 1. The lowest BCUT2D eigenvalue weighted by Gasteiger charge is -2.28. The summed E-state index contributed by atoms with van der Waals surface area (Å²) in [6.45, 7) is 4.69. The normalized spacial score (nSPS) is 11.2. The number of hydrogen-bond acceptors (Lipinski definition) is 3. The summed E-state index contributed by atoms with van der Waals surface area (Å²) in [7, 11) is 3.54. The number of benzene rings is 1. The van der Waals surface area contributed by atoms with Gasteiger partial charge in [-0.05, 0) is 45.2 Å². The molecule has 0 atom stereocenters. The lowest BCUT2D eigenvalue weighted by Crippen LogP contribution is -2.52. The van der Waals surface area contributed by atoms with E-state index in [4.69, 9.17) is 16.3 Å². The second-order valence-corrected chi connectivity index (χ2v) is 5.34. The third-order valence-corrected chi connectivity index (χ3v) is 3.27. The molecule has 106 valence electrons. The van der Waals surface area contributed by atoms with Crippen molar-refractivity contribution in [3.8, 4) is 5.75 Å². The summed E-state index contributed by atoms with van der Waals surface area (Å²) in [6, 6.07) is 7.16. The Balaban J connectivity index is 2.40. The Hall–Kier alpha value is -1.26. The molecule has 1 N–H and O–H groups in total. The van der Waals surface area contributed by atoms with Crippen LogP contribution >= 0.6 is 11.6 Å². The van der Waals surface area contributed by atoms with Crippen LogP contribution < -0.4 is 10.1 Å². The van der Waals surface area contributed by atoms with Gasteiger partial charge in [-0.15, -0.1) is 0 Å². The van der Waals surface area contributed by atoms with Gasteiger partial charge in [-0.2, -0.15) is 0 Å². The van der Waals surface area contributed by atoms with Crippen molar-refractivity contribution in [3.05, 3.63) is 29.3 Å². The lowest BCUT2D eigenvalue weighted by atomic mass is 10.0. The molecule has 0 bridgehead atoms. The smallest absolute Gasteiger partial charge is 0.242 e. The minimum atomic E-state index is -0.560.